The van der Waals surface area contributed by atoms with E-state index in [1.165, 1.54) is 25.0 Å². The fourth-order valence-electron chi connectivity index (χ4n) is 1.44. The molecule has 1 unspecified atom stereocenters. The molecule has 0 heterocycles. The van der Waals surface area contributed by atoms with Crippen LogP contribution in [0.4, 0.5) is 0 Å². The fourth-order valence-corrected chi connectivity index (χ4v) is 2.27. The molecule has 1 fully saturated rings. The minimum Gasteiger partial charge on any atom is -0.399 e. The van der Waals surface area contributed by atoms with Gasteiger partial charge in [0.05, 0.1) is 5.71 Å². The molecule has 0 N–H and O–H groups in total. The summed E-state index contributed by atoms with van der Waals surface area (Å²) in [6.07, 6.45) is 7.15. The molecule has 0 aromatic rings. The van der Waals surface area contributed by atoms with Crippen LogP contribution in [0, 0.1) is 0 Å². The molecule has 64 valence electrons. The van der Waals surface area contributed by atoms with Crippen molar-refractivity contribution in [2.45, 2.75) is 30.9 Å². The largest absolute Gasteiger partial charge is 0.399 e. The summed E-state index contributed by atoms with van der Waals surface area (Å²) < 4.78 is 0. The number of nitrogens with zero attached hydrogens (tertiary/aromatic N) is 1. The maximum atomic E-state index is 4.79. The lowest BCUT2D eigenvalue weighted by molar-refractivity contribution is 0.211. The third-order valence-electron chi connectivity index (χ3n) is 2.01. The van der Waals surface area contributed by atoms with Crippen molar-refractivity contribution in [3.8, 4) is 0 Å². The number of oxime groups is 1. The normalized spacial score (nSPS) is 28.9. The van der Waals surface area contributed by atoms with Crippen LogP contribution in [-0.4, -0.2) is 24.3 Å². The van der Waals surface area contributed by atoms with E-state index in [2.05, 4.69) is 11.4 Å². The number of rotatable bonds is 2. The third-order valence-corrected chi connectivity index (χ3v) is 3.09. The quantitative estimate of drug-likeness (QED) is 0.598. The van der Waals surface area contributed by atoms with Gasteiger partial charge in [-0.2, -0.15) is 11.8 Å². The second-order valence-electron chi connectivity index (χ2n) is 2.74. The molecular formula is C8H15NOS. The van der Waals surface area contributed by atoms with Crippen molar-refractivity contribution in [2.24, 2.45) is 5.16 Å². The lowest BCUT2D eigenvalue weighted by atomic mass is 9.98. The Morgan fingerprint density at radius 3 is 3.00 bits per heavy atom. The molecule has 0 aliphatic heterocycles. The van der Waals surface area contributed by atoms with E-state index in [9.17, 15) is 0 Å². The average molecular weight is 173 g/mol. The van der Waals surface area contributed by atoms with Crippen molar-refractivity contribution in [1.82, 2.24) is 0 Å². The standard InChI is InChI=1S/C8H15NOS/c1-10-9-7-5-3-4-6-8(7)11-2/h8H,3-6H2,1-2H3/b9-7-. The van der Waals surface area contributed by atoms with Crippen molar-refractivity contribution in [3.05, 3.63) is 0 Å². The van der Waals surface area contributed by atoms with Gasteiger partial charge in [0.25, 0.3) is 0 Å². The molecule has 0 aromatic carbocycles. The van der Waals surface area contributed by atoms with Gasteiger partial charge >= 0.3 is 0 Å². The van der Waals surface area contributed by atoms with Crippen molar-refractivity contribution < 1.29 is 4.84 Å². The van der Waals surface area contributed by atoms with E-state index >= 15 is 0 Å². The summed E-state index contributed by atoms with van der Waals surface area (Å²) in [5, 5.41) is 4.65. The number of hydrogen-bond donors (Lipinski definition) is 0. The van der Waals surface area contributed by atoms with Crippen LogP contribution in [0.3, 0.4) is 0 Å². The second kappa shape index (κ2) is 4.65. The Bertz CT molecular complexity index is 147. The maximum absolute atomic E-state index is 4.79. The second-order valence-corrected chi connectivity index (χ2v) is 3.78. The zero-order valence-electron chi connectivity index (χ0n) is 7.17. The summed E-state index contributed by atoms with van der Waals surface area (Å²) in [6.45, 7) is 0. The smallest absolute Gasteiger partial charge is 0.106 e. The predicted molar refractivity (Wildman–Crippen MR) is 50.2 cm³/mol. The highest BCUT2D eigenvalue weighted by Crippen LogP contribution is 2.24. The topological polar surface area (TPSA) is 21.6 Å². The Morgan fingerprint density at radius 2 is 2.36 bits per heavy atom. The molecule has 0 saturated heterocycles. The Balaban J connectivity index is 2.51. The van der Waals surface area contributed by atoms with Crippen molar-refractivity contribution >= 4 is 17.5 Å². The fraction of sp³-hybridized carbons (Fsp3) is 0.875. The molecule has 0 aromatic heterocycles. The van der Waals surface area contributed by atoms with Crippen LogP contribution in [0.5, 0.6) is 0 Å². The zero-order chi connectivity index (χ0) is 8.10. The molecule has 11 heavy (non-hydrogen) atoms. The zero-order valence-corrected chi connectivity index (χ0v) is 7.99. The van der Waals surface area contributed by atoms with Crippen molar-refractivity contribution in [2.75, 3.05) is 13.4 Å². The van der Waals surface area contributed by atoms with E-state index in [0.717, 1.165) is 6.42 Å². The van der Waals surface area contributed by atoms with Gasteiger partial charge in [0.15, 0.2) is 0 Å². The maximum Gasteiger partial charge on any atom is 0.106 e. The Morgan fingerprint density at radius 1 is 1.55 bits per heavy atom. The van der Waals surface area contributed by atoms with Gasteiger partial charge in [0.2, 0.25) is 0 Å². The lowest BCUT2D eigenvalue weighted by Crippen LogP contribution is -2.21. The predicted octanol–water partition coefficient (Wildman–Crippen LogP) is 2.29. The van der Waals surface area contributed by atoms with Crippen molar-refractivity contribution in [1.29, 1.82) is 0 Å². The molecular weight excluding hydrogens is 158 g/mol. The number of hydrogen-bond acceptors (Lipinski definition) is 3. The van der Waals surface area contributed by atoms with Crippen molar-refractivity contribution in [3.63, 3.8) is 0 Å². The highest BCUT2D eigenvalue weighted by molar-refractivity contribution is 7.99. The molecule has 1 aliphatic carbocycles. The molecule has 0 amide bonds. The van der Waals surface area contributed by atoms with Crippen LogP contribution in [0.1, 0.15) is 25.7 Å². The molecule has 0 radical (unpaired) electrons. The summed E-state index contributed by atoms with van der Waals surface area (Å²) in [5.74, 6) is 0. The Labute approximate surface area is 72.4 Å². The number of thioether (sulfide) groups is 1. The third kappa shape index (κ3) is 2.40. The molecule has 1 atom stereocenters. The van der Waals surface area contributed by atoms with E-state index in [0.29, 0.717) is 5.25 Å². The lowest BCUT2D eigenvalue weighted by Gasteiger charge is -2.20. The van der Waals surface area contributed by atoms with Gasteiger partial charge in [-0.25, -0.2) is 0 Å². The van der Waals surface area contributed by atoms with Gasteiger partial charge in [-0.3, -0.25) is 0 Å². The minimum atomic E-state index is 0.615. The minimum absolute atomic E-state index is 0.615. The van der Waals surface area contributed by atoms with E-state index in [4.69, 9.17) is 4.84 Å². The molecule has 0 spiro atoms. The molecule has 1 rings (SSSR count). The summed E-state index contributed by atoms with van der Waals surface area (Å²) in [5.41, 5.74) is 1.24. The van der Waals surface area contributed by atoms with Crippen LogP contribution < -0.4 is 0 Å². The summed E-state index contributed by atoms with van der Waals surface area (Å²) in [4.78, 5) is 4.79. The highest BCUT2D eigenvalue weighted by atomic mass is 32.2. The van der Waals surface area contributed by atoms with E-state index in [1.807, 2.05) is 11.8 Å². The van der Waals surface area contributed by atoms with Gasteiger partial charge in [-0.05, 0) is 25.5 Å². The summed E-state index contributed by atoms with van der Waals surface area (Å²) >= 11 is 1.88. The SMILES string of the molecule is CO/N=C1/CCCCC1SC. The monoisotopic (exact) mass is 173 g/mol. The molecule has 1 aliphatic rings. The first-order valence-electron chi connectivity index (χ1n) is 4.01. The van der Waals surface area contributed by atoms with Crippen LogP contribution in [-0.2, 0) is 4.84 Å². The van der Waals surface area contributed by atoms with Gasteiger partial charge < -0.3 is 4.84 Å². The van der Waals surface area contributed by atoms with Gasteiger partial charge in [-0.15, -0.1) is 0 Å². The summed E-state index contributed by atoms with van der Waals surface area (Å²) in [6, 6.07) is 0. The van der Waals surface area contributed by atoms with Crippen LogP contribution in [0.15, 0.2) is 5.16 Å². The van der Waals surface area contributed by atoms with Crippen LogP contribution in [0.2, 0.25) is 0 Å². The van der Waals surface area contributed by atoms with E-state index in [-0.39, 0.29) is 0 Å². The Hall–Kier alpha value is -0.180. The summed E-state index contributed by atoms with van der Waals surface area (Å²) in [7, 11) is 1.62. The first-order chi connectivity index (χ1) is 5.38. The van der Waals surface area contributed by atoms with Crippen LogP contribution >= 0.6 is 11.8 Å². The average Bonchev–Trinajstić information content (AvgIpc) is 2.06. The molecule has 3 heteroatoms. The van der Waals surface area contributed by atoms with Gasteiger partial charge in [-0.1, -0.05) is 11.6 Å². The molecule has 0 bridgehead atoms. The van der Waals surface area contributed by atoms with Crippen LogP contribution in [0.25, 0.3) is 0 Å². The van der Waals surface area contributed by atoms with E-state index < -0.39 is 0 Å². The molecule has 2 nitrogen and oxygen atoms in total. The van der Waals surface area contributed by atoms with E-state index in [1.54, 1.807) is 7.11 Å². The molecule has 1 saturated carbocycles. The highest BCUT2D eigenvalue weighted by Gasteiger charge is 2.19. The first kappa shape index (κ1) is 8.91. The van der Waals surface area contributed by atoms with Gasteiger partial charge in [0, 0.05) is 5.25 Å². The van der Waals surface area contributed by atoms with Gasteiger partial charge in [0.1, 0.15) is 7.11 Å². The first-order valence-corrected chi connectivity index (χ1v) is 5.30. The Kier molecular flexibility index (Phi) is 3.77.